The van der Waals surface area contributed by atoms with Crippen LogP contribution in [-0.2, 0) is 19.0 Å². The van der Waals surface area contributed by atoms with Gasteiger partial charge in [-0.15, -0.1) is 6.42 Å². The van der Waals surface area contributed by atoms with Crippen LogP contribution < -0.4 is 5.32 Å². The van der Waals surface area contributed by atoms with Gasteiger partial charge >= 0.3 is 5.91 Å². The Morgan fingerprint density at radius 2 is 1.78 bits per heavy atom. The molecule has 0 aliphatic rings. The molecule has 0 bridgehead atoms. The van der Waals surface area contributed by atoms with Gasteiger partial charge in [0.25, 0.3) is 0 Å². The molecule has 2 N–H and O–H groups in total. The van der Waals surface area contributed by atoms with E-state index >= 15 is 0 Å². The minimum absolute atomic E-state index is 0.160. The number of hydrogen-bond acceptors (Lipinski definition) is 5. The molecule has 0 saturated carbocycles. The Morgan fingerprint density at radius 1 is 1.17 bits per heavy atom. The van der Waals surface area contributed by atoms with Crippen molar-refractivity contribution in [1.82, 2.24) is 0 Å². The minimum atomic E-state index is 0.160. The number of terminal acetylenes is 1. The Morgan fingerprint density at radius 3 is 2.39 bits per heavy atom. The molecule has 0 atom stereocenters. The Kier molecular flexibility index (Phi) is 14.0. The number of nitrogens with two attached hydrogens (primary N) is 1. The molecule has 1 amide bonds. The second-order valence-electron chi connectivity index (χ2n) is 3.37. The minimum Gasteiger partial charge on any atom is -0.377 e. The lowest BCUT2D eigenvalue weighted by atomic mass is 10.6. The highest BCUT2D eigenvalue weighted by Gasteiger charge is 2.02. The Hall–Kier alpha value is -0.580. The van der Waals surface area contributed by atoms with Crippen molar-refractivity contribution in [3.8, 4) is 12.3 Å². The monoisotopic (exact) mass is 276 g/mol. The number of quaternary nitrogens is 1. The smallest absolute Gasteiger partial charge is 0.320 e. The fraction of sp³-hybridized carbons (Fsp3) is 0.750. The van der Waals surface area contributed by atoms with Gasteiger partial charge in [0, 0.05) is 0 Å². The topological polar surface area (TPSA) is 61.4 Å². The first-order valence-corrected chi connectivity index (χ1v) is 7.22. The number of hydrogen-bond donors (Lipinski definition) is 1. The fourth-order valence-corrected chi connectivity index (χ4v) is 1.48. The van der Waals surface area contributed by atoms with Gasteiger partial charge in [-0.25, -0.2) is 4.79 Å². The second-order valence-corrected chi connectivity index (χ2v) is 4.24. The summed E-state index contributed by atoms with van der Waals surface area (Å²) in [4.78, 5) is 11.1. The van der Waals surface area contributed by atoms with Crippen LogP contribution in [0.3, 0.4) is 0 Å². The van der Waals surface area contributed by atoms with Crippen molar-refractivity contribution in [3.63, 3.8) is 0 Å². The maximum atomic E-state index is 11.1. The molecule has 0 aromatic heterocycles. The van der Waals surface area contributed by atoms with Crippen LogP contribution in [0, 0.1) is 12.3 Å². The summed E-state index contributed by atoms with van der Waals surface area (Å²) in [6.07, 6.45) is 6.92. The average Bonchev–Trinajstić information content (AvgIpc) is 2.36. The number of thioether (sulfide) groups is 1. The van der Waals surface area contributed by atoms with E-state index in [1.54, 1.807) is 5.32 Å². The van der Waals surface area contributed by atoms with Gasteiger partial charge in [0.15, 0.2) is 0 Å². The normalized spacial score (nSPS) is 10.2. The summed E-state index contributed by atoms with van der Waals surface area (Å²) in [6.45, 7) is 3.60. The third kappa shape index (κ3) is 13.5. The summed E-state index contributed by atoms with van der Waals surface area (Å²) in [7, 11) is 0. The van der Waals surface area contributed by atoms with Crippen LogP contribution in [-0.4, -0.2) is 64.1 Å². The van der Waals surface area contributed by atoms with Crippen LogP contribution in [0.15, 0.2) is 0 Å². The van der Waals surface area contributed by atoms with E-state index in [-0.39, 0.29) is 5.91 Å². The van der Waals surface area contributed by atoms with Crippen molar-refractivity contribution in [2.45, 2.75) is 0 Å². The van der Waals surface area contributed by atoms with Crippen LogP contribution in [0.1, 0.15) is 0 Å². The van der Waals surface area contributed by atoms with E-state index < -0.39 is 0 Å². The van der Waals surface area contributed by atoms with Gasteiger partial charge in [0.05, 0.1) is 33.0 Å². The van der Waals surface area contributed by atoms with E-state index in [1.807, 2.05) is 6.26 Å². The molecule has 0 aliphatic carbocycles. The Balaban J connectivity index is 3.03. The Labute approximate surface area is 113 Å². The van der Waals surface area contributed by atoms with Gasteiger partial charge in [-0.05, 0) is 6.26 Å². The fourth-order valence-electron chi connectivity index (χ4n) is 1.08. The quantitative estimate of drug-likeness (QED) is 0.371. The lowest BCUT2D eigenvalue weighted by Crippen LogP contribution is -2.89. The number of rotatable bonds is 12. The number of ether oxygens (including phenoxy) is 3. The maximum Gasteiger partial charge on any atom is 0.320 e. The molecule has 6 heteroatoms. The predicted octanol–water partition coefficient (Wildman–Crippen LogP) is -0.878. The summed E-state index contributed by atoms with van der Waals surface area (Å²) in [5.74, 6) is 3.08. The van der Waals surface area contributed by atoms with E-state index in [1.165, 1.54) is 11.8 Å². The van der Waals surface area contributed by atoms with E-state index in [0.29, 0.717) is 51.9 Å². The molecular formula is C12H22NO4S+. The van der Waals surface area contributed by atoms with Crippen LogP contribution in [0.5, 0.6) is 0 Å². The lowest BCUT2D eigenvalue weighted by molar-refractivity contribution is -0.569. The molecule has 104 valence electrons. The predicted molar refractivity (Wildman–Crippen MR) is 71.5 cm³/mol. The standard InChI is InChI=1S/C12H21NO4S/c1-3-5-15-7-9-17-10-8-16-6-4-13-12(14)11-18-2/h1H,4-11H2,2H3,(H,13,14)/p+1. The van der Waals surface area contributed by atoms with E-state index in [2.05, 4.69) is 5.92 Å². The molecule has 0 heterocycles. The van der Waals surface area contributed by atoms with Gasteiger partial charge in [0.2, 0.25) is 0 Å². The van der Waals surface area contributed by atoms with E-state index in [9.17, 15) is 4.79 Å². The van der Waals surface area contributed by atoms with Crippen molar-refractivity contribution < 1.29 is 24.3 Å². The number of carbonyl (C=O) groups is 1. The largest absolute Gasteiger partial charge is 0.377 e. The van der Waals surface area contributed by atoms with Gasteiger partial charge in [-0.1, -0.05) is 5.92 Å². The van der Waals surface area contributed by atoms with Gasteiger partial charge in [-0.3, -0.25) is 5.32 Å². The van der Waals surface area contributed by atoms with Crippen LogP contribution in [0.4, 0.5) is 0 Å². The highest BCUT2D eigenvalue weighted by Crippen LogP contribution is 1.85. The molecule has 0 aromatic rings. The van der Waals surface area contributed by atoms with Gasteiger partial charge in [-0.2, -0.15) is 11.8 Å². The summed E-state index contributed by atoms with van der Waals surface area (Å²) in [6, 6.07) is 0. The zero-order valence-electron chi connectivity index (χ0n) is 10.9. The summed E-state index contributed by atoms with van der Waals surface area (Å²) in [5.41, 5.74) is 0. The molecule has 0 saturated heterocycles. The molecule has 0 spiro atoms. The summed E-state index contributed by atoms with van der Waals surface area (Å²) < 4.78 is 15.6. The molecule has 0 aliphatic heterocycles. The third-order valence-electron chi connectivity index (χ3n) is 1.85. The zero-order chi connectivity index (χ0) is 13.5. The first kappa shape index (κ1) is 17.4. The third-order valence-corrected chi connectivity index (χ3v) is 2.42. The second kappa shape index (κ2) is 14.5. The molecule has 0 fully saturated rings. The first-order valence-electron chi connectivity index (χ1n) is 5.83. The summed E-state index contributed by atoms with van der Waals surface area (Å²) >= 11 is 1.53. The molecule has 0 aromatic carbocycles. The zero-order valence-corrected chi connectivity index (χ0v) is 11.7. The van der Waals surface area contributed by atoms with Gasteiger partial charge < -0.3 is 14.2 Å². The van der Waals surface area contributed by atoms with Crippen molar-refractivity contribution in [2.75, 3.05) is 58.2 Å². The van der Waals surface area contributed by atoms with E-state index in [0.717, 1.165) is 0 Å². The molecule has 0 unspecified atom stereocenters. The van der Waals surface area contributed by atoms with Gasteiger partial charge in [0.1, 0.15) is 18.9 Å². The van der Waals surface area contributed by atoms with Crippen molar-refractivity contribution >= 4 is 17.7 Å². The highest BCUT2D eigenvalue weighted by atomic mass is 32.2. The van der Waals surface area contributed by atoms with Crippen LogP contribution in [0.25, 0.3) is 0 Å². The molecule has 5 nitrogen and oxygen atoms in total. The van der Waals surface area contributed by atoms with Crippen LogP contribution >= 0.6 is 11.8 Å². The Bertz CT molecular complexity index is 243. The van der Waals surface area contributed by atoms with Crippen LogP contribution in [0.2, 0.25) is 0 Å². The maximum absolute atomic E-state index is 11.1. The van der Waals surface area contributed by atoms with E-state index in [4.69, 9.17) is 20.6 Å². The first-order chi connectivity index (χ1) is 8.81. The molecule has 0 radical (unpaired) electrons. The number of primary amides is 1. The number of amides is 1. The number of carbonyl (C=O) groups excluding carboxylic acids is 1. The van der Waals surface area contributed by atoms with Crippen molar-refractivity contribution in [1.29, 1.82) is 0 Å². The lowest BCUT2D eigenvalue weighted by Gasteiger charge is -2.05. The molecule has 18 heavy (non-hydrogen) atoms. The van der Waals surface area contributed by atoms with Crippen molar-refractivity contribution in [3.05, 3.63) is 0 Å². The molecule has 0 rings (SSSR count). The molecular weight excluding hydrogens is 254 g/mol. The average molecular weight is 276 g/mol. The van der Waals surface area contributed by atoms with Crippen molar-refractivity contribution in [2.24, 2.45) is 0 Å². The highest BCUT2D eigenvalue weighted by molar-refractivity contribution is 7.99. The summed E-state index contributed by atoms with van der Waals surface area (Å²) in [5, 5.41) is 1.67. The SMILES string of the molecule is C#CCOCCOCCOCC[NH2+]C(=O)CSC.